The summed E-state index contributed by atoms with van der Waals surface area (Å²) < 4.78 is 4.84. The standard InChI is InChI=1S/C9H8N6O4/c1-19-7-3-2-5(4-6(7)15(17)18)10-9(16)8-11-13-14-12-8/h2-4H,1H3,(H,10,16)(H,11,12,13,14). The molecule has 0 spiro atoms. The number of ether oxygens (including phenoxy) is 1. The molecule has 0 saturated heterocycles. The number of methoxy groups -OCH3 is 1. The maximum absolute atomic E-state index is 11.6. The molecule has 0 aliphatic heterocycles. The van der Waals surface area contributed by atoms with Crippen LogP contribution in [-0.4, -0.2) is 38.6 Å². The summed E-state index contributed by atoms with van der Waals surface area (Å²) in [6, 6.07) is 4.02. The van der Waals surface area contributed by atoms with Crippen molar-refractivity contribution in [3.63, 3.8) is 0 Å². The van der Waals surface area contributed by atoms with Crippen LogP contribution in [0.1, 0.15) is 10.6 Å². The molecule has 0 atom stereocenters. The van der Waals surface area contributed by atoms with Crippen molar-refractivity contribution in [2.75, 3.05) is 12.4 Å². The lowest BCUT2D eigenvalue weighted by Gasteiger charge is -2.05. The Kier molecular flexibility index (Phi) is 3.32. The molecule has 0 aliphatic rings. The van der Waals surface area contributed by atoms with Gasteiger partial charge in [0.05, 0.1) is 12.0 Å². The Morgan fingerprint density at radius 2 is 2.32 bits per heavy atom. The molecule has 0 bridgehead atoms. The summed E-state index contributed by atoms with van der Waals surface area (Å²) in [5, 5.41) is 25.6. The van der Waals surface area contributed by atoms with Crippen molar-refractivity contribution in [2.45, 2.75) is 0 Å². The average Bonchev–Trinajstić information content (AvgIpc) is 2.92. The molecule has 0 saturated carbocycles. The first-order valence-electron chi connectivity index (χ1n) is 4.99. The summed E-state index contributed by atoms with van der Waals surface area (Å²) in [4.78, 5) is 21.8. The van der Waals surface area contributed by atoms with E-state index in [1.807, 2.05) is 0 Å². The highest BCUT2D eigenvalue weighted by Gasteiger charge is 2.17. The number of rotatable bonds is 4. The highest BCUT2D eigenvalue weighted by Crippen LogP contribution is 2.29. The first kappa shape index (κ1) is 12.4. The average molecular weight is 264 g/mol. The number of anilines is 1. The highest BCUT2D eigenvalue weighted by atomic mass is 16.6. The predicted octanol–water partition coefficient (Wildman–Crippen LogP) is 0.369. The molecule has 10 heteroatoms. The van der Waals surface area contributed by atoms with E-state index < -0.39 is 10.8 Å². The van der Waals surface area contributed by atoms with E-state index in [2.05, 4.69) is 25.9 Å². The molecule has 1 aromatic carbocycles. The van der Waals surface area contributed by atoms with Crippen molar-refractivity contribution < 1.29 is 14.5 Å². The number of nitrogens with one attached hydrogen (secondary N) is 2. The van der Waals surface area contributed by atoms with Gasteiger partial charge in [0.25, 0.3) is 11.7 Å². The molecule has 0 aliphatic carbocycles. The number of tetrazole rings is 1. The van der Waals surface area contributed by atoms with Gasteiger partial charge in [-0.2, -0.15) is 5.21 Å². The van der Waals surface area contributed by atoms with E-state index >= 15 is 0 Å². The second-order valence-corrected chi connectivity index (χ2v) is 3.33. The minimum absolute atomic E-state index is 0.0996. The molecule has 0 radical (unpaired) electrons. The minimum Gasteiger partial charge on any atom is -0.490 e. The van der Waals surface area contributed by atoms with E-state index in [0.29, 0.717) is 0 Å². The van der Waals surface area contributed by atoms with Crippen molar-refractivity contribution in [2.24, 2.45) is 0 Å². The number of aromatic nitrogens is 4. The maximum Gasteiger partial charge on any atom is 0.312 e. The fourth-order valence-corrected chi connectivity index (χ4v) is 1.36. The molecule has 2 rings (SSSR count). The summed E-state index contributed by atoms with van der Waals surface area (Å²) in [5.41, 5.74) is -0.0317. The number of H-pyrrole nitrogens is 1. The zero-order valence-electron chi connectivity index (χ0n) is 9.65. The zero-order chi connectivity index (χ0) is 13.8. The molecular formula is C9H8N6O4. The number of nitrogens with zero attached hydrogens (tertiary/aromatic N) is 4. The van der Waals surface area contributed by atoms with Crippen molar-refractivity contribution in [3.8, 4) is 5.75 Å². The van der Waals surface area contributed by atoms with Crippen LogP contribution in [0, 0.1) is 10.1 Å². The van der Waals surface area contributed by atoms with E-state index in [4.69, 9.17) is 4.74 Å². The summed E-state index contributed by atoms with van der Waals surface area (Å²) in [5.74, 6) is -0.700. The molecule has 19 heavy (non-hydrogen) atoms. The fraction of sp³-hybridized carbons (Fsp3) is 0.111. The van der Waals surface area contributed by atoms with Gasteiger partial charge in [-0.3, -0.25) is 14.9 Å². The van der Waals surface area contributed by atoms with Gasteiger partial charge in [0.2, 0.25) is 0 Å². The molecule has 0 unspecified atom stereocenters. The number of carbonyl (C=O) groups is 1. The smallest absolute Gasteiger partial charge is 0.312 e. The van der Waals surface area contributed by atoms with E-state index in [0.717, 1.165) is 0 Å². The minimum atomic E-state index is -0.631. The predicted molar refractivity (Wildman–Crippen MR) is 61.8 cm³/mol. The molecule has 0 fully saturated rings. The largest absolute Gasteiger partial charge is 0.490 e. The summed E-state index contributed by atoms with van der Waals surface area (Å²) in [6.45, 7) is 0. The van der Waals surface area contributed by atoms with Crippen LogP contribution in [0.3, 0.4) is 0 Å². The second-order valence-electron chi connectivity index (χ2n) is 3.33. The molecule has 1 amide bonds. The number of benzene rings is 1. The van der Waals surface area contributed by atoms with Gasteiger partial charge in [0.1, 0.15) is 0 Å². The van der Waals surface area contributed by atoms with Crippen LogP contribution in [0.4, 0.5) is 11.4 Å². The van der Waals surface area contributed by atoms with Gasteiger partial charge in [-0.25, -0.2) is 0 Å². The Bertz CT molecular complexity index is 611. The van der Waals surface area contributed by atoms with Gasteiger partial charge in [-0.05, 0) is 17.3 Å². The van der Waals surface area contributed by atoms with Crippen LogP contribution in [0.15, 0.2) is 18.2 Å². The molecule has 1 aromatic heterocycles. The number of nitro groups is 1. The van der Waals surface area contributed by atoms with Crippen molar-refractivity contribution in [1.29, 1.82) is 0 Å². The SMILES string of the molecule is COc1ccc(NC(=O)c2nn[nH]n2)cc1[N+](=O)[O-]. The normalized spacial score (nSPS) is 9.95. The van der Waals surface area contributed by atoms with E-state index in [1.165, 1.54) is 25.3 Å². The molecule has 2 N–H and O–H groups in total. The monoisotopic (exact) mass is 264 g/mol. The number of hydrogen-bond acceptors (Lipinski definition) is 7. The van der Waals surface area contributed by atoms with Crippen LogP contribution >= 0.6 is 0 Å². The Hall–Kier alpha value is -3.04. The lowest BCUT2D eigenvalue weighted by atomic mass is 10.2. The number of nitro benzene ring substituents is 1. The second kappa shape index (κ2) is 5.08. The Morgan fingerprint density at radius 3 is 2.89 bits per heavy atom. The summed E-state index contributed by atoms with van der Waals surface area (Å²) in [7, 11) is 1.32. The maximum atomic E-state index is 11.6. The van der Waals surface area contributed by atoms with Gasteiger partial charge in [-0.15, -0.1) is 10.2 Å². The topological polar surface area (TPSA) is 136 Å². The van der Waals surface area contributed by atoms with Gasteiger partial charge in [0.15, 0.2) is 5.75 Å². The summed E-state index contributed by atoms with van der Waals surface area (Å²) >= 11 is 0. The fourth-order valence-electron chi connectivity index (χ4n) is 1.36. The lowest BCUT2D eigenvalue weighted by molar-refractivity contribution is -0.385. The molecule has 98 valence electrons. The third kappa shape index (κ3) is 2.62. The molecular weight excluding hydrogens is 256 g/mol. The van der Waals surface area contributed by atoms with Gasteiger partial charge >= 0.3 is 5.69 Å². The summed E-state index contributed by atoms with van der Waals surface area (Å²) in [6.07, 6.45) is 0. The highest BCUT2D eigenvalue weighted by molar-refractivity contribution is 6.01. The quantitative estimate of drug-likeness (QED) is 0.601. The number of hydrogen-bond donors (Lipinski definition) is 2. The Labute approximate surface area is 105 Å². The van der Waals surface area contributed by atoms with Gasteiger partial charge in [-0.1, -0.05) is 0 Å². The van der Waals surface area contributed by atoms with Gasteiger partial charge < -0.3 is 10.1 Å². The number of carbonyl (C=O) groups excluding carboxylic acids is 1. The third-order valence-corrected chi connectivity index (χ3v) is 2.18. The van der Waals surface area contributed by atoms with Crippen molar-refractivity contribution in [1.82, 2.24) is 20.6 Å². The molecule has 2 aromatic rings. The van der Waals surface area contributed by atoms with Crippen LogP contribution in [-0.2, 0) is 0 Å². The van der Waals surface area contributed by atoms with E-state index in [1.54, 1.807) is 0 Å². The molecule has 1 heterocycles. The lowest BCUT2D eigenvalue weighted by Crippen LogP contribution is -2.14. The first-order valence-corrected chi connectivity index (χ1v) is 4.99. The third-order valence-electron chi connectivity index (χ3n) is 2.18. The Morgan fingerprint density at radius 1 is 1.53 bits per heavy atom. The van der Waals surface area contributed by atoms with Crippen LogP contribution < -0.4 is 10.1 Å². The Balaban J connectivity index is 2.24. The van der Waals surface area contributed by atoms with Crippen LogP contribution in [0.5, 0.6) is 5.75 Å². The van der Waals surface area contributed by atoms with E-state index in [9.17, 15) is 14.9 Å². The van der Waals surface area contributed by atoms with Crippen LogP contribution in [0.2, 0.25) is 0 Å². The van der Waals surface area contributed by atoms with E-state index in [-0.39, 0.29) is 22.9 Å². The van der Waals surface area contributed by atoms with Crippen molar-refractivity contribution >= 4 is 17.3 Å². The zero-order valence-corrected chi connectivity index (χ0v) is 9.65. The number of amides is 1. The van der Waals surface area contributed by atoms with Crippen LogP contribution in [0.25, 0.3) is 0 Å². The van der Waals surface area contributed by atoms with Crippen molar-refractivity contribution in [3.05, 3.63) is 34.1 Å². The molecule has 10 nitrogen and oxygen atoms in total. The number of aromatic amines is 1. The first-order chi connectivity index (χ1) is 9.11. The van der Waals surface area contributed by atoms with Gasteiger partial charge in [0, 0.05) is 11.8 Å².